The highest BCUT2D eigenvalue weighted by molar-refractivity contribution is 9.10. The Morgan fingerprint density at radius 1 is 1.17 bits per heavy atom. The summed E-state index contributed by atoms with van der Waals surface area (Å²) in [5.41, 5.74) is 0.235. The van der Waals surface area contributed by atoms with Crippen LogP contribution in [0.5, 0.6) is 0 Å². The molecule has 8 heteroatoms. The maximum Gasteiger partial charge on any atom is 0.225 e. The molecule has 0 unspecified atom stereocenters. The molecule has 0 aromatic heterocycles. The number of benzene rings is 2. The van der Waals surface area contributed by atoms with E-state index in [1.54, 1.807) is 12.1 Å². The standard InChI is InChI=1S/C15H12BrClFNO3S/c16-10-1-4-12(5-2-10)23(21,22)8-7-15(20)19-14-6-3-11(18)9-13(14)17/h1-6,9H,7-8H2,(H,19,20). The van der Waals surface area contributed by atoms with Crippen LogP contribution >= 0.6 is 27.5 Å². The van der Waals surface area contributed by atoms with Crippen LogP contribution in [0.1, 0.15) is 6.42 Å². The van der Waals surface area contributed by atoms with Gasteiger partial charge >= 0.3 is 0 Å². The number of carbonyl (C=O) groups is 1. The van der Waals surface area contributed by atoms with E-state index in [9.17, 15) is 17.6 Å². The predicted octanol–water partition coefficient (Wildman–Crippen LogP) is 4.04. The van der Waals surface area contributed by atoms with Gasteiger partial charge in [-0.1, -0.05) is 27.5 Å². The van der Waals surface area contributed by atoms with Crippen LogP contribution in [-0.4, -0.2) is 20.1 Å². The maximum atomic E-state index is 12.9. The quantitative estimate of drug-likeness (QED) is 0.794. The maximum absolute atomic E-state index is 12.9. The van der Waals surface area contributed by atoms with Crippen molar-refractivity contribution >= 4 is 49.0 Å². The fourth-order valence-electron chi connectivity index (χ4n) is 1.79. The fourth-order valence-corrected chi connectivity index (χ4v) is 3.51. The van der Waals surface area contributed by atoms with Gasteiger partial charge in [-0.05, 0) is 42.5 Å². The average Bonchev–Trinajstić information content (AvgIpc) is 2.49. The van der Waals surface area contributed by atoms with Crippen molar-refractivity contribution in [3.05, 3.63) is 57.8 Å². The Morgan fingerprint density at radius 3 is 2.43 bits per heavy atom. The smallest absolute Gasteiger partial charge is 0.225 e. The van der Waals surface area contributed by atoms with Crippen molar-refractivity contribution in [2.75, 3.05) is 11.1 Å². The molecule has 2 aromatic carbocycles. The molecule has 0 heterocycles. The van der Waals surface area contributed by atoms with Gasteiger partial charge in [-0.2, -0.15) is 0 Å². The molecular weight excluding hydrogens is 409 g/mol. The number of nitrogens with one attached hydrogen (secondary N) is 1. The summed E-state index contributed by atoms with van der Waals surface area (Å²) >= 11 is 9.02. The van der Waals surface area contributed by atoms with Gasteiger partial charge in [0.15, 0.2) is 9.84 Å². The lowest BCUT2D eigenvalue weighted by Gasteiger charge is -2.08. The predicted molar refractivity (Wildman–Crippen MR) is 90.9 cm³/mol. The van der Waals surface area contributed by atoms with Crippen molar-refractivity contribution in [2.24, 2.45) is 0 Å². The van der Waals surface area contributed by atoms with Gasteiger partial charge in [-0.3, -0.25) is 4.79 Å². The molecule has 1 amide bonds. The van der Waals surface area contributed by atoms with Gasteiger partial charge in [0.1, 0.15) is 5.82 Å². The minimum atomic E-state index is -3.56. The zero-order valence-corrected chi connectivity index (χ0v) is 14.9. The summed E-state index contributed by atoms with van der Waals surface area (Å²) in [6.45, 7) is 0. The number of carbonyl (C=O) groups excluding carboxylic acids is 1. The van der Waals surface area contributed by atoms with Crippen LogP contribution in [0.15, 0.2) is 51.8 Å². The molecule has 122 valence electrons. The van der Waals surface area contributed by atoms with Crippen molar-refractivity contribution in [1.29, 1.82) is 0 Å². The highest BCUT2D eigenvalue weighted by Gasteiger charge is 2.17. The molecule has 0 aliphatic heterocycles. The van der Waals surface area contributed by atoms with Crippen molar-refractivity contribution in [3.8, 4) is 0 Å². The van der Waals surface area contributed by atoms with Gasteiger partial charge in [-0.15, -0.1) is 0 Å². The Bertz CT molecular complexity index is 825. The van der Waals surface area contributed by atoms with E-state index < -0.39 is 21.6 Å². The van der Waals surface area contributed by atoms with Crippen LogP contribution in [0.2, 0.25) is 5.02 Å². The normalized spacial score (nSPS) is 11.3. The van der Waals surface area contributed by atoms with Gasteiger partial charge in [0, 0.05) is 10.9 Å². The third-order valence-electron chi connectivity index (χ3n) is 2.98. The lowest BCUT2D eigenvalue weighted by Crippen LogP contribution is -2.17. The molecule has 2 aromatic rings. The van der Waals surface area contributed by atoms with Crippen LogP contribution in [0.3, 0.4) is 0 Å². The largest absolute Gasteiger partial charge is 0.325 e. The van der Waals surface area contributed by atoms with E-state index in [1.165, 1.54) is 18.2 Å². The van der Waals surface area contributed by atoms with Crippen molar-refractivity contribution in [1.82, 2.24) is 0 Å². The first-order chi connectivity index (χ1) is 10.8. The van der Waals surface area contributed by atoms with Crippen LogP contribution < -0.4 is 5.32 Å². The highest BCUT2D eigenvalue weighted by Crippen LogP contribution is 2.23. The van der Waals surface area contributed by atoms with E-state index in [0.717, 1.165) is 16.6 Å². The average molecular weight is 421 g/mol. The molecule has 0 aliphatic rings. The molecule has 0 saturated heterocycles. The molecule has 2 rings (SSSR count). The Labute approximate surface area is 146 Å². The Balaban J connectivity index is 1.99. The zero-order valence-electron chi connectivity index (χ0n) is 11.7. The number of hydrogen-bond acceptors (Lipinski definition) is 3. The van der Waals surface area contributed by atoms with Crippen molar-refractivity contribution in [3.63, 3.8) is 0 Å². The fraction of sp³-hybridized carbons (Fsp3) is 0.133. The van der Waals surface area contributed by atoms with E-state index in [0.29, 0.717) is 0 Å². The van der Waals surface area contributed by atoms with Gasteiger partial charge < -0.3 is 5.32 Å². The monoisotopic (exact) mass is 419 g/mol. The van der Waals surface area contributed by atoms with Gasteiger partial charge in [0.05, 0.1) is 21.4 Å². The van der Waals surface area contributed by atoms with Crippen LogP contribution in [-0.2, 0) is 14.6 Å². The summed E-state index contributed by atoms with van der Waals surface area (Å²) in [6, 6.07) is 9.70. The third-order valence-corrected chi connectivity index (χ3v) is 5.55. The zero-order chi connectivity index (χ0) is 17.0. The minimum absolute atomic E-state index is 0.0501. The molecule has 0 spiro atoms. The number of anilines is 1. The van der Waals surface area contributed by atoms with E-state index in [-0.39, 0.29) is 27.8 Å². The third kappa shape index (κ3) is 5.02. The van der Waals surface area contributed by atoms with Crippen LogP contribution in [0.4, 0.5) is 10.1 Å². The Kier molecular flexibility index (Phi) is 5.78. The first-order valence-electron chi connectivity index (χ1n) is 6.51. The lowest BCUT2D eigenvalue weighted by atomic mass is 10.3. The lowest BCUT2D eigenvalue weighted by molar-refractivity contribution is -0.115. The van der Waals surface area contributed by atoms with E-state index in [1.807, 2.05) is 0 Å². The van der Waals surface area contributed by atoms with Crippen LogP contribution in [0.25, 0.3) is 0 Å². The first-order valence-corrected chi connectivity index (χ1v) is 9.33. The number of halogens is 3. The molecule has 1 N–H and O–H groups in total. The first kappa shape index (κ1) is 17.9. The molecule has 0 aliphatic carbocycles. The SMILES string of the molecule is O=C(CCS(=O)(=O)c1ccc(Br)cc1)Nc1ccc(F)cc1Cl. The van der Waals surface area contributed by atoms with Crippen molar-refractivity contribution in [2.45, 2.75) is 11.3 Å². The second-order valence-corrected chi connectivity index (χ2v) is 8.13. The summed E-state index contributed by atoms with van der Waals surface area (Å²) in [7, 11) is -3.56. The Hall–Kier alpha value is -1.44. The van der Waals surface area contributed by atoms with Crippen molar-refractivity contribution < 1.29 is 17.6 Å². The molecular formula is C15H12BrClFNO3S. The number of hydrogen-bond donors (Lipinski definition) is 1. The van der Waals surface area contributed by atoms with Gasteiger partial charge in [-0.25, -0.2) is 12.8 Å². The topological polar surface area (TPSA) is 63.2 Å². The molecule has 0 radical (unpaired) electrons. The molecule has 4 nitrogen and oxygen atoms in total. The number of rotatable bonds is 5. The highest BCUT2D eigenvalue weighted by atomic mass is 79.9. The summed E-state index contributed by atoms with van der Waals surface area (Å²) in [5.74, 6) is -1.37. The molecule has 0 bridgehead atoms. The van der Waals surface area contributed by atoms with Gasteiger partial charge in [0.25, 0.3) is 0 Å². The molecule has 23 heavy (non-hydrogen) atoms. The molecule has 0 atom stereocenters. The van der Waals surface area contributed by atoms with E-state index in [4.69, 9.17) is 11.6 Å². The minimum Gasteiger partial charge on any atom is -0.325 e. The summed E-state index contributed by atoms with van der Waals surface area (Å²) < 4.78 is 38.0. The summed E-state index contributed by atoms with van der Waals surface area (Å²) in [5, 5.41) is 2.51. The summed E-state index contributed by atoms with van der Waals surface area (Å²) in [4.78, 5) is 12.0. The molecule has 0 fully saturated rings. The second kappa shape index (κ2) is 7.42. The number of amides is 1. The second-order valence-electron chi connectivity index (χ2n) is 4.70. The number of sulfone groups is 1. The van der Waals surface area contributed by atoms with E-state index in [2.05, 4.69) is 21.2 Å². The van der Waals surface area contributed by atoms with Gasteiger partial charge in [0.2, 0.25) is 5.91 Å². The summed E-state index contributed by atoms with van der Waals surface area (Å²) in [6.07, 6.45) is -0.230. The van der Waals surface area contributed by atoms with Crippen LogP contribution in [0, 0.1) is 5.82 Å². The van der Waals surface area contributed by atoms with E-state index >= 15 is 0 Å². The molecule has 0 saturated carbocycles. The Morgan fingerprint density at radius 2 is 1.83 bits per heavy atom.